The Hall–Kier alpha value is -2.29. The van der Waals surface area contributed by atoms with E-state index < -0.39 is 0 Å². The summed E-state index contributed by atoms with van der Waals surface area (Å²) < 4.78 is 1.90. The van der Waals surface area contributed by atoms with Crippen LogP contribution in [0.2, 0.25) is 0 Å². The lowest BCUT2D eigenvalue weighted by Gasteiger charge is -1.97. The number of imidazole rings is 1. The molecule has 0 aliphatic rings. The maximum atomic E-state index is 5.90. The van der Waals surface area contributed by atoms with Gasteiger partial charge in [0.15, 0.2) is 0 Å². The number of fused-ring (bicyclic) bond motifs is 1. The maximum absolute atomic E-state index is 5.90. The number of aromatic nitrogens is 2. The number of hydrogen-bond acceptors (Lipinski definition) is 2. The SMILES string of the molecule is Cc1cccc(-c2cn3c(N)cccc3n2)c1. The number of anilines is 1. The predicted octanol–water partition coefficient (Wildman–Crippen LogP) is 2.89. The van der Waals surface area contributed by atoms with Crippen LogP contribution >= 0.6 is 0 Å². The average Bonchev–Trinajstić information content (AvgIpc) is 2.74. The number of rotatable bonds is 1. The van der Waals surface area contributed by atoms with Gasteiger partial charge >= 0.3 is 0 Å². The summed E-state index contributed by atoms with van der Waals surface area (Å²) in [5, 5.41) is 0. The zero-order chi connectivity index (χ0) is 11.8. The lowest BCUT2D eigenvalue weighted by atomic mass is 10.1. The highest BCUT2D eigenvalue weighted by Crippen LogP contribution is 2.21. The number of nitrogens with two attached hydrogens (primary N) is 1. The molecule has 2 N–H and O–H groups in total. The van der Waals surface area contributed by atoms with Crippen molar-refractivity contribution in [2.45, 2.75) is 6.92 Å². The normalized spacial score (nSPS) is 10.9. The first-order valence-electron chi connectivity index (χ1n) is 5.55. The second-order valence-electron chi connectivity index (χ2n) is 4.17. The zero-order valence-corrected chi connectivity index (χ0v) is 9.59. The van der Waals surface area contributed by atoms with Gasteiger partial charge in [0.25, 0.3) is 0 Å². The van der Waals surface area contributed by atoms with Crippen LogP contribution in [0, 0.1) is 6.92 Å². The molecular formula is C14H13N3. The van der Waals surface area contributed by atoms with Gasteiger partial charge in [-0.15, -0.1) is 0 Å². The fourth-order valence-electron chi connectivity index (χ4n) is 1.98. The van der Waals surface area contributed by atoms with Gasteiger partial charge in [-0.1, -0.05) is 29.8 Å². The van der Waals surface area contributed by atoms with E-state index in [0.717, 1.165) is 16.9 Å². The lowest BCUT2D eigenvalue weighted by molar-refractivity contribution is 1.20. The third-order valence-corrected chi connectivity index (χ3v) is 2.84. The van der Waals surface area contributed by atoms with Crippen molar-refractivity contribution in [1.82, 2.24) is 9.38 Å². The van der Waals surface area contributed by atoms with Gasteiger partial charge in [-0.2, -0.15) is 0 Å². The Morgan fingerprint density at radius 2 is 1.94 bits per heavy atom. The lowest BCUT2D eigenvalue weighted by Crippen LogP contribution is -1.93. The average molecular weight is 223 g/mol. The number of aryl methyl sites for hydroxylation is 1. The Labute approximate surface area is 99.5 Å². The number of pyridine rings is 1. The first kappa shape index (κ1) is 9.90. The van der Waals surface area contributed by atoms with Gasteiger partial charge in [-0.05, 0) is 25.1 Å². The summed E-state index contributed by atoms with van der Waals surface area (Å²) in [6.07, 6.45) is 1.97. The van der Waals surface area contributed by atoms with E-state index >= 15 is 0 Å². The fraction of sp³-hybridized carbons (Fsp3) is 0.0714. The van der Waals surface area contributed by atoms with Crippen LogP contribution in [0.25, 0.3) is 16.9 Å². The summed E-state index contributed by atoms with van der Waals surface area (Å²) in [6, 6.07) is 14.0. The van der Waals surface area contributed by atoms with E-state index in [4.69, 9.17) is 5.73 Å². The van der Waals surface area contributed by atoms with E-state index in [-0.39, 0.29) is 0 Å². The molecule has 0 atom stereocenters. The van der Waals surface area contributed by atoms with E-state index in [0.29, 0.717) is 5.82 Å². The third-order valence-electron chi connectivity index (χ3n) is 2.84. The summed E-state index contributed by atoms with van der Waals surface area (Å²) >= 11 is 0. The number of benzene rings is 1. The molecule has 0 spiro atoms. The number of hydrogen-bond donors (Lipinski definition) is 1. The van der Waals surface area contributed by atoms with Gasteiger partial charge in [0.05, 0.1) is 5.69 Å². The fourth-order valence-corrected chi connectivity index (χ4v) is 1.98. The Kier molecular flexibility index (Phi) is 2.11. The molecule has 84 valence electrons. The van der Waals surface area contributed by atoms with Crippen molar-refractivity contribution in [1.29, 1.82) is 0 Å². The molecule has 17 heavy (non-hydrogen) atoms. The molecule has 0 fully saturated rings. The van der Waals surface area contributed by atoms with Crippen molar-refractivity contribution < 1.29 is 0 Å². The molecule has 0 aliphatic carbocycles. The molecule has 0 bridgehead atoms. The summed E-state index contributed by atoms with van der Waals surface area (Å²) in [5.41, 5.74) is 10.1. The summed E-state index contributed by atoms with van der Waals surface area (Å²) in [7, 11) is 0. The minimum atomic E-state index is 0.703. The van der Waals surface area contributed by atoms with Gasteiger partial charge in [0, 0.05) is 11.8 Å². The molecule has 3 nitrogen and oxygen atoms in total. The van der Waals surface area contributed by atoms with Crippen molar-refractivity contribution in [3.63, 3.8) is 0 Å². The Balaban J connectivity index is 2.22. The van der Waals surface area contributed by atoms with Crippen molar-refractivity contribution in [2.24, 2.45) is 0 Å². The van der Waals surface area contributed by atoms with Crippen LogP contribution in [-0.4, -0.2) is 9.38 Å². The zero-order valence-electron chi connectivity index (χ0n) is 9.59. The first-order chi connectivity index (χ1) is 8.24. The molecule has 2 aromatic heterocycles. The van der Waals surface area contributed by atoms with Crippen LogP contribution in [0.1, 0.15) is 5.56 Å². The van der Waals surface area contributed by atoms with E-state index in [1.54, 1.807) is 0 Å². The van der Waals surface area contributed by atoms with Crippen LogP contribution in [0.15, 0.2) is 48.7 Å². The van der Waals surface area contributed by atoms with Crippen molar-refractivity contribution in [3.8, 4) is 11.3 Å². The molecule has 3 heteroatoms. The first-order valence-corrected chi connectivity index (χ1v) is 5.55. The second kappa shape index (κ2) is 3.63. The number of nitrogen functional groups attached to an aromatic ring is 1. The monoisotopic (exact) mass is 223 g/mol. The smallest absolute Gasteiger partial charge is 0.139 e. The Morgan fingerprint density at radius 1 is 1.12 bits per heavy atom. The molecule has 1 aromatic carbocycles. The quantitative estimate of drug-likeness (QED) is 0.689. The topological polar surface area (TPSA) is 43.3 Å². The van der Waals surface area contributed by atoms with Crippen molar-refractivity contribution >= 4 is 11.5 Å². The third kappa shape index (κ3) is 1.65. The molecule has 0 amide bonds. The van der Waals surface area contributed by atoms with Gasteiger partial charge in [-0.25, -0.2) is 4.98 Å². The summed E-state index contributed by atoms with van der Waals surface area (Å²) in [4.78, 5) is 4.57. The molecule has 3 rings (SSSR count). The Bertz CT molecular complexity index is 683. The van der Waals surface area contributed by atoms with E-state index in [1.165, 1.54) is 5.56 Å². The van der Waals surface area contributed by atoms with Crippen LogP contribution in [0.3, 0.4) is 0 Å². The molecule has 0 unspecified atom stereocenters. The highest BCUT2D eigenvalue weighted by molar-refractivity contribution is 5.64. The molecule has 0 saturated heterocycles. The van der Waals surface area contributed by atoms with E-state index in [2.05, 4.69) is 30.1 Å². The predicted molar refractivity (Wildman–Crippen MR) is 69.8 cm³/mol. The van der Waals surface area contributed by atoms with Crippen LogP contribution in [0.5, 0.6) is 0 Å². The molecule has 3 aromatic rings. The molecule has 2 heterocycles. The van der Waals surface area contributed by atoms with E-state index in [1.807, 2.05) is 34.9 Å². The van der Waals surface area contributed by atoms with Crippen LogP contribution in [0.4, 0.5) is 5.82 Å². The number of nitrogens with zero attached hydrogens (tertiary/aromatic N) is 2. The van der Waals surface area contributed by atoms with Crippen LogP contribution < -0.4 is 5.73 Å². The maximum Gasteiger partial charge on any atom is 0.139 e. The van der Waals surface area contributed by atoms with Crippen molar-refractivity contribution in [3.05, 3.63) is 54.2 Å². The van der Waals surface area contributed by atoms with Gasteiger partial charge in [0.2, 0.25) is 0 Å². The molecule has 0 radical (unpaired) electrons. The van der Waals surface area contributed by atoms with Gasteiger partial charge < -0.3 is 5.73 Å². The van der Waals surface area contributed by atoms with E-state index in [9.17, 15) is 0 Å². The van der Waals surface area contributed by atoms with Crippen molar-refractivity contribution in [2.75, 3.05) is 5.73 Å². The second-order valence-corrected chi connectivity index (χ2v) is 4.17. The largest absolute Gasteiger partial charge is 0.385 e. The summed E-state index contributed by atoms with van der Waals surface area (Å²) in [5.74, 6) is 0.703. The van der Waals surface area contributed by atoms with Gasteiger partial charge in [-0.3, -0.25) is 4.40 Å². The molecule has 0 aliphatic heterocycles. The highest BCUT2D eigenvalue weighted by atomic mass is 15.0. The molecular weight excluding hydrogens is 210 g/mol. The minimum Gasteiger partial charge on any atom is -0.385 e. The summed E-state index contributed by atoms with van der Waals surface area (Å²) in [6.45, 7) is 2.08. The van der Waals surface area contributed by atoms with Gasteiger partial charge in [0.1, 0.15) is 11.5 Å². The standard InChI is InChI=1S/C14H13N3/c1-10-4-2-5-11(8-10)12-9-17-13(15)6-3-7-14(17)16-12/h2-9H,15H2,1H3. The highest BCUT2D eigenvalue weighted by Gasteiger charge is 2.05. The Morgan fingerprint density at radius 3 is 2.71 bits per heavy atom. The van der Waals surface area contributed by atoms with Crippen LogP contribution in [-0.2, 0) is 0 Å². The minimum absolute atomic E-state index is 0.703. The molecule has 0 saturated carbocycles.